The fraction of sp³-hybridized carbons (Fsp3) is 0.889. The van der Waals surface area contributed by atoms with Gasteiger partial charge in [-0.3, -0.25) is 9.63 Å². The molecule has 0 radical (unpaired) electrons. The van der Waals surface area contributed by atoms with Crippen molar-refractivity contribution in [3.8, 4) is 0 Å². The Hall–Kier alpha value is -0.700. The van der Waals surface area contributed by atoms with Crippen molar-refractivity contribution >= 4 is 15.9 Å². The van der Waals surface area contributed by atoms with E-state index in [0.717, 1.165) is 5.06 Å². The van der Waals surface area contributed by atoms with Gasteiger partial charge in [0.25, 0.3) is 0 Å². The van der Waals surface area contributed by atoms with Gasteiger partial charge in [0, 0.05) is 26.6 Å². The largest absolute Gasteiger partial charge is 0.379 e. The summed E-state index contributed by atoms with van der Waals surface area (Å²) in [5.74, 6) is -0.552. The lowest BCUT2D eigenvalue weighted by molar-refractivity contribution is -0.168. The highest BCUT2D eigenvalue weighted by atomic mass is 32.2. The number of carbonyl (C=O) groups is 1. The van der Waals surface area contributed by atoms with E-state index in [1.165, 1.54) is 18.5 Å². The van der Waals surface area contributed by atoms with Gasteiger partial charge in [0.2, 0.25) is 15.9 Å². The molecule has 100 valence electrons. The summed E-state index contributed by atoms with van der Waals surface area (Å²) in [7, 11) is -0.566. The molecule has 0 atom stereocenters. The third-order valence-corrected chi connectivity index (χ3v) is 4.43. The van der Waals surface area contributed by atoms with Gasteiger partial charge in [-0.15, -0.1) is 0 Å². The molecule has 8 heteroatoms. The molecule has 0 aromatic carbocycles. The lowest BCUT2D eigenvalue weighted by Gasteiger charge is -2.26. The maximum absolute atomic E-state index is 11.9. The number of hydroxylamine groups is 2. The minimum atomic E-state index is -3.37. The number of hydrogen-bond donors (Lipinski definition) is 0. The molecule has 0 bridgehead atoms. The summed E-state index contributed by atoms with van der Waals surface area (Å²) >= 11 is 0. The molecule has 1 fully saturated rings. The van der Waals surface area contributed by atoms with E-state index >= 15 is 0 Å². The van der Waals surface area contributed by atoms with Crippen LogP contribution in [-0.4, -0.2) is 69.9 Å². The lowest BCUT2D eigenvalue weighted by Crippen LogP contribution is -2.42. The fourth-order valence-electron chi connectivity index (χ4n) is 1.43. The summed E-state index contributed by atoms with van der Waals surface area (Å²) in [5, 5.41) is 1.02. The number of ether oxygens (including phenoxy) is 1. The van der Waals surface area contributed by atoms with Crippen molar-refractivity contribution in [2.75, 3.05) is 46.2 Å². The number of morpholine rings is 1. The van der Waals surface area contributed by atoms with Gasteiger partial charge in [0.05, 0.1) is 26.1 Å². The maximum Gasteiger partial charge on any atom is 0.246 e. The molecular weight excluding hydrogens is 248 g/mol. The van der Waals surface area contributed by atoms with Crippen LogP contribution in [0.25, 0.3) is 0 Å². The van der Waals surface area contributed by atoms with E-state index in [4.69, 9.17) is 4.74 Å². The highest BCUT2D eigenvalue weighted by Gasteiger charge is 2.25. The van der Waals surface area contributed by atoms with Crippen molar-refractivity contribution in [3.05, 3.63) is 0 Å². The lowest BCUT2D eigenvalue weighted by atomic mass is 10.4. The van der Waals surface area contributed by atoms with Crippen LogP contribution in [0, 0.1) is 0 Å². The summed E-state index contributed by atoms with van der Waals surface area (Å²) in [6, 6.07) is 0. The third kappa shape index (κ3) is 4.23. The predicted octanol–water partition coefficient (Wildman–Crippen LogP) is -0.942. The molecule has 1 heterocycles. The Morgan fingerprint density at radius 1 is 1.41 bits per heavy atom. The number of amides is 1. The molecule has 17 heavy (non-hydrogen) atoms. The van der Waals surface area contributed by atoms with Gasteiger partial charge in [-0.2, -0.15) is 4.31 Å². The van der Waals surface area contributed by atoms with Gasteiger partial charge in [-0.25, -0.2) is 13.5 Å². The molecule has 0 aliphatic carbocycles. The van der Waals surface area contributed by atoms with Gasteiger partial charge in [-0.05, 0) is 0 Å². The van der Waals surface area contributed by atoms with E-state index in [9.17, 15) is 13.2 Å². The van der Waals surface area contributed by atoms with Crippen molar-refractivity contribution in [2.24, 2.45) is 0 Å². The number of nitrogens with zero attached hydrogens (tertiary/aromatic N) is 2. The van der Waals surface area contributed by atoms with Crippen LogP contribution in [0.1, 0.15) is 6.42 Å². The third-order valence-electron chi connectivity index (χ3n) is 2.56. The number of sulfonamides is 1. The van der Waals surface area contributed by atoms with Crippen LogP contribution in [0.5, 0.6) is 0 Å². The van der Waals surface area contributed by atoms with Crippen LogP contribution >= 0.6 is 0 Å². The average Bonchev–Trinajstić information content (AvgIpc) is 2.36. The highest BCUT2D eigenvalue weighted by Crippen LogP contribution is 2.07. The quantitative estimate of drug-likeness (QED) is 0.600. The molecule has 0 spiro atoms. The molecule has 7 nitrogen and oxygen atoms in total. The molecule has 0 unspecified atom stereocenters. The SMILES string of the molecule is CON(C)C(=O)CCS(=O)(=O)N1CCOCC1. The number of carbonyl (C=O) groups excluding carboxylic acids is 1. The summed E-state index contributed by atoms with van der Waals surface area (Å²) in [5.41, 5.74) is 0. The minimum Gasteiger partial charge on any atom is -0.379 e. The van der Waals surface area contributed by atoms with Gasteiger partial charge < -0.3 is 4.74 Å². The molecule has 0 saturated carbocycles. The monoisotopic (exact) mass is 266 g/mol. The first-order valence-corrected chi connectivity index (χ1v) is 6.94. The number of hydrogen-bond acceptors (Lipinski definition) is 5. The Labute approximate surface area is 101 Å². The second-order valence-corrected chi connectivity index (χ2v) is 5.74. The van der Waals surface area contributed by atoms with Gasteiger partial charge in [-0.1, -0.05) is 0 Å². The van der Waals surface area contributed by atoms with Gasteiger partial charge in [0.15, 0.2) is 0 Å². The van der Waals surface area contributed by atoms with Crippen molar-refractivity contribution in [3.63, 3.8) is 0 Å². The zero-order valence-electron chi connectivity index (χ0n) is 10.1. The second kappa shape index (κ2) is 6.29. The van der Waals surface area contributed by atoms with E-state index in [-0.39, 0.29) is 18.1 Å². The maximum atomic E-state index is 11.9. The Morgan fingerprint density at radius 3 is 2.53 bits per heavy atom. The normalized spacial score (nSPS) is 18.0. The first-order chi connectivity index (χ1) is 7.97. The molecule has 0 aromatic rings. The Morgan fingerprint density at radius 2 is 2.00 bits per heavy atom. The standard InChI is InChI=1S/C9H18N2O5S/c1-10(15-2)9(12)3-8-17(13,14)11-4-6-16-7-5-11/h3-8H2,1-2H3. The summed E-state index contributed by atoms with van der Waals surface area (Å²) in [4.78, 5) is 16.1. The van der Waals surface area contributed by atoms with Crippen molar-refractivity contribution < 1.29 is 22.8 Å². The predicted molar refractivity (Wildman–Crippen MR) is 60.6 cm³/mol. The molecule has 1 rings (SSSR count). The molecule has 0 N–H and O–H groups in total. The second-order valence-electron chi connectivity index (χ2n) is 3.65. The van der Waals surface area contributed by atoms with Crippen LogP contribution < -0.4 is 0 Å². The zero-order valence-corrected chi connectivity index (χ0v) is 10.9. The Bertz CT molecular complexity index is 350. The van der Waals surface area contributed by atoms with Gasteiger partial charge >= 0.3 is 0 Å². The first kappa shape index (κ1) is 14.4. The molecule has 0 aromatic heterocycles. The highest BCUT2D eigenvalue weighted by molar-refractivity contribution is 7.89. The minimum absolute atomic E-state index is 0.0793. The molecule has 1 amide bonds. The van der Waals surface area contributed by atoms with E-state index in [2.05, 4.69) is 4.84 Å². The van der Waals surface area contributed by atoms with Gasteiger partial charge in [0.1, 0.15) is 0 Å². The number of rotatable bonds is 5. The van der Waals surface area contributed by atoms with Crippen LogP contribution in [0.3, 0.4) is 0 Å². The van der Waals surface area contributed by atoms with Crippen LogP contribution in [0.2, 0.25) is 0 Å². The molecule has 1 aliphatic heterocycles. The summed E-state index contributed by atoms with van der Waals surface area (Å²) in [6.45, 7) is 1.53. The Balaban J connectivity index is 2.46. The van der Waals surface area contributed by atoms with E-state index in [0.29, 0.717) is 26.3 Å². The molecule has 1 aliphatic rings. The fourth-order valence-corrected chi connectivity index (χ4v) is 2.83. The van der Waals surface area contributed by atoms with Crippen LogP contribution in [0.15, 0.2) is 0 Å². The van der Waals surface area contributed by atoms with E-state index < -0.39 is 10.0 Å². The smallest absolute Gasteiger partial charge is 0.246 e. The first-order valence-electron chi connectivity index (χ1n) is 5.33. The summed E-state index contributed by atoms with van der Waals surface area (Å²) in [6.07, 6.45) is -0.0793. The van der Waals surface area contributed by atoms with Crippen molar-refractivity contribution in [2.45, 2.75) is 6.42 Å². The zero-order chi connectivity index (χ0) is 12.9. The van der Waals surface area contributed by atoms with Crippen molar-refractivity contribution in [1.82, 2.24) is 9.37 Å². The topological polar surface area (TPSA) is 76.2 Å². The van der Waals surface area contributed by atoms with Crippen LogP contribution in [-0.2, 0) is 24.4 Å². The molecular formula is C9H18N2O5S. The van der Waals surface area contributed by atoms with E-state index in [1.54, 1.807) is 0 Å². The Kier molecular flexibility index (Phi) is 5.31. The van der Waals surface area contributed by atoms with Crippen LogP contribution in [0.4, 0.5) is 0 Å². The van der Waals surface area contributed by atoms with E-state index in [1.807, 2.05) is 0 Å². The average molecular weight is 266 g/mol. The molecule has 1 saturated heterocycles. The van der Waals surface area contributed by atoms with Crippen molar-refractivity contribution in [1.29, 1.82) is 0 Å². The summed E-state index contributed by atoms with van der Waals surface area (Å²) < 4.78 is 30.2.